The Morgan fingerprint density at radius 3 is 2.79 bits per heavy atom. The summed E-state index contributed by atoms with van der Waals surface area (Å²) in [6.45, 7) is 0.0662. The van der Waals surface area contributed by atoms with Gasteiger partial charge in [-0.15, -0.1) is 0 Å². The molecule has 0 aliphatic carbocycles. The van der Waals surface area contributed by atoms with Gasteiger partial charge >= 0.3 is 0 Å². The number of rotatable bonds is 3. The molecule has 0 amide bonds. The molecule has 3 aromatic rings. The number of para-hydroxylation sites is 1. The van der Waals surface area contributed by atoms with Crippen LogP contribution in [-0.2, 0) is 4.74 Å². The largest absolute Gasteiger partial charge is 0.394 e. The SMILES string of the molecule is N#C/C=C/c1ccc2c(c1)c1ccccc1n2[C@H]1CC[C@@H](CO)O1. The maximum absolute atomic E-state index is 9.36. The van der Waals surface area contributed by atoms with Crippen molar-refractivity contribution in [3.8, 4) is 6.07 Å². The molecule has 4 rings (SSSR count). The van der Waals surface area contributed by atoms with Gasteiger partial charge in [0.15, 0.2) is 0 Å². The number of allylic oxidation sites excluding steroid dienone is 1. The predicted molar refractivity (Wildman–Crippen MR) is 94.3 cm³/mol. The second kappa shape index (κ2) is 6.12. The van der Waals surface area contributed by atoms with Crippen LogP contribution in [0.25, 0.3) is 27.9 Å². The van der Waals surface area contributed by atoms with Crippen LogP contribution >= 0.6 is 0 Å². The van der Waals surface area contributed by atoms with E-state index in [1.807, 2.05) is 30.3 Å². The lowest BCUT2D eigenvalue weighted by molar-refractivity contribution is -0.0183. The molecule has 120 valence electrons. The van der Waals surface area contributed by atoms with Crippen LogP contribution in [0.15, 0.2) is 48.5 Å². The first-order valence-electron chi connectivity index (χ1n) is 8.17. The minimum Gasteiger partial charge on any atom is -0.394 e. The third-order valence-electron chi connectivity index (χ3n) is 4.66. The molecule has 0 radical (unpaired) electrons. The van der Waals surface area contributed by atoms with Crippen molar-refractivity contribution in [2.75, 3.05) is 6.61 Å². The minimum atomic E-state index is -0.0796. The summed E-state index contributed by atoms with van der Waals surface area (Å²) in [4.78, 5) is 0. The molecular formula is C20H18N2O2. The summed E-state index contributed by atoms with van der Waals surface area (Å²) in [5, 5.41) is 20.4. The zero-order valence-corrected chi connectivity index (χ0v) is 13.2. The van der Waals surface area contributed by atoms with Crippen molar-refractivity contribution in [1.29, 1.82) is 5.26 Å². The molecule has 0 bridgehead atoms. The Labute approximate surface area is 140 Å². The first-order chi connectivity index (χ1) is 11.8. The van der Waals surface area contributed by atoms with Crippen molar-refractivity contribution in [2.45, 2.75) is 25.2 Å². The zero-order chi connectivity index (χ0) is 16.5. The Balaban J connectivity index is 1.92. The number of fused-ring (bicyclic) bond motifs is 3. The molecule has 1 aliphatic heterocycles. The van der Waals surface area contributed by atoms with Crippen molar-refractivity contribution < 1.29 is 9.84 Å². The Hall–Kier alpha value is -2.61. The van der Waals surface area contributed by atoms with Crippen molar-refractivity contribution in [1.82, 2.24) is 4.57 Å². The lowest BCUT2D eigenvalue weighted by atomic mass is 10.1. The number of benzene rings is 2. The van der Waals surface area contributed by atoms with E-state index in [2.05, 4.69) is 28.8 Å². The van der Waals surface area contributed by atoms with Gasteiger partial charge in [-0.25, -0.2) is 0 Å². The molecule has 2 atom stereocenters. The maximum Gasteiger partial charge on any atom is 0.135 e. The molecule has 1 saturated heterocycles. The van der Waals surface area contributed by atoms with Gasteiger partial charge in [-0.2, -0.15) is 5.26 Å². The Bertz CT molecular complexity index is 965. The van der Waals surface area contributed by atoms with Crippen molar-refractivity contribution in [3.63, 3.8) is 0 Å². The second-order valence-corrected chi connectivity index (χ2v) is 6.10. The van der Waals surface area contributed by atoms with Crippen LogP contribution in [0.1, 0.15) is 24.6 Å². The van der Waals surface area contributed by atoms with E-state index < -0.39 is 0 Å². The van der Waals surface area contributed by atoms with E-state index in [1.54, 1.807) is 0 Å². The Morgan fingerprint density at radius 1 is 1.17 bits per heavy atom. The number of hydrogen-bond acceptors (Lipinski definition) is 3. The molecule has 0 saturated carbocycles. The number of aromatic nitrogens is 1. The monoisotopic (exact) mass is 318 g/mol. The van der Waals surface area contributed by atoms with E-state index in [-0.39, 0.29) is 18.9 Å². The summed E-state index contributed by atoms with van der Waals surface area (Å²) in [6, 6.07) is 16.5. The maximum atomic E-state index is 9.36. The lowest BCUT2D eigenvalue weighted by Crippen LogP contribution is -2.14. The molecule has 1 N–H and O–H groups in total. The number of nitrogens with zero attached hydrogens (tertiary/aromatic N) is 2. The van der Waals surface area contributed by atoms with Gasteiger partial charge in [-0.05, 0) is 42.7 Å². The van der Waals surface area contributed by atoms with Crippen LogP contribution < -0.4 is 0 Å². The van der Waals surface area contributed by atoms with Gasteiger partial charge < -0.3 is 14.4 Å². The summed E-state index contributed by atoms with van der Waals surface area (Å²) >= 11 is 0. The summed E-state index contributed by atoms with van der Waals surface area (Å²) in [5.74, 6) is 0. The minimum absolute atomic E-state index is 0.0509. The topological polar surface area (TPSA) is 58.2 Å². The standard InChI is InChI=1S/C20H18N2O2/c21-11-3-4-14-7-9-19-17(12-14)16-5-1-2-6-18(16)22(19)20-10-8-15(13-23)24-20/h1-7,9,12,15,20,23H,8,10,13H2/b4-3+/t15-,20+/m0/s1. The van der Waals surface area contributed by atoms with Crippen molar-refractivity contribution >= 4 is 27.9 Å². The van der Waals surface area contributed by atoms with E-state index in [4.69, 9.17) is 10.00 Å². The highest BCUT2D eigenvalue weighted by Crippen LogP contribution is 2.37. The van der Waals surface area contributed by atoms with Crippen molar-refractivity contribution in [2.24, 2.45) is 0 Å². The van der Waals surface area contributed by atoms with Crippen LogP contribution in [0, 0.1) is 11.3 Å². The van der Waals surface area contributed by atoms with E-state index in [0.29, 0.717) is 0 Å². The number of ether oxygens (including phenoxy) is 1. The smallest absolute Gasteiger partial charge is 0.135 e. The normalized spacial score (nSPS) is 21.0. The Kier molecular flexibility index (Phi) is 3.81. The number of aliphatic hydroxyl groups excluding tert-OH is 1. The second-order valence-electron chi connectivity index (χ2n) is 6.10. The van der Waals surface area contributed by atoms with E-state index in [9.17, 15) is 5.11 Å². The Morgan fingerprint density at radius 2 is 2.00 bits per heavy atom. The molecule has 1 aromatic heterocycles. The number of hydrogen-bond donors (Lipinski definition) is 1. The van der Waals surface area contributed by atoms with Gasteiger partial charge in [0.2, 0.25) is 0 Å². The average Bonchev–Trinajstić information content (AvgIpc) is 3.21. The van der Waals surface area contributed by atoms with Gasteiger partial charge in [-0.3, -0.25) is 0 Å². The van der Waals surface area contributed by atoms with E-state index in [0.717, 1.165) is 34.8 Å². The van der Waals surface area contributed by atoms with Crippen LogP contribution in [-0.4, -0.2) is 22.4 Å². The number of nitriles is 1. The van der Waals surface area contributed by atoms with Gasteiger partial charge in [-0.1, -0.05) is 24.3 Å². The first-order valence-corrected chi connectivity index (χ1v) is 8.17. The fraction of sp³-hybridized carbons (Fsp3) is 0.250. The molecule has 2 heterocycles. The lowest BCUT2D eigenvalue weighted by Gasteiger charge is -2.17. The van der Waals surface area contributed by atoms with E-state index in [1.165, 1.54) is 11.5 Å². The zero-order valence-electron chi connectivity index (χ0n) is 13.2. The summed E-state index contributed by atoms with van der Waals surface area (Å²) in [5.41, 5.74) is 3.26. The summed E-state index contributed by atoms with van der Waals surface area (Å²) in [6.07, 6.45) is 4.95. The molecule has 1 aliphatic rings. The van der Waals surface area contributed by atoms with Gasteiger partial charge in [0.05, 0.1) is 29.8 Å². The number of aliphatic hydroxyl groups is 1. The molecule has 1 fully saturated rings. The molecule has 4 heteroatoms. The van der Waals surface area contributed by atoms with Gasteiger partial charge in [0, 0.05) is 16.8 Å². The molecule has 24 heavy (non-hydrogen) atoms. The molecule has 0 unspecified atom stereocenters. The highest BCUT2D eigenvalue weighted by atomic mass is 16.5. The fourth-order valence-electron chi connectivity index (χ4n) is 3.58. The highest BCUT2D eigenvalue weighted by molar-refractivity contribution is 6.08. The van der Waals surface area contributed by atoms with Crippen LogP contribution in [0.3, 0.4) is 0 Å². The van der Waals surface area contributed by atoms with E-state index >= 15 is 0 Å². The third-order valence-corrected chi connectivity index (χ3v) is 4.66. The quantitative estimate of drug-likeness (QED) is 0.743. The average molecular weight is 318 g/mol. The third kappa shape index (κ3) is 2.39. The summed E-state index contributed by atoms with van der Waals surface area (Å²) in [7, 11) is 0. The van der Waals surface area contributed by atoms with Gasteiger partial charge in [0.25, 0.3) is 0 Å². The predicted octanol–water partition coefficient (Wildman–Crippen LogP) is 4.00. The van der Waals surface area contributed by atoms with Crippen LogP contribution in [0.2, 0.25) is 0 Å². The highest BCUT2D eigenvalue weighted by Gasteiger charge is 2.28. The van der Waals surface area contributed by atoms with Crippen LogP contribution in [0.4, 0.5) is 0 Å². The first kappa shape index (κ1) is 14.9. The van der Waals surface area contributed by atoms with Crippen molar-refractivity contribution in [3.05, 3.63) is 54.1 Å². The summed E-state index contributed by atoms with van der Waals surface area (Å²) < 4.78 is 8.26. The van der Waals surface area contributed by atoms with Crippen LogP contribution in [0.5, 0.6) is 0 Å². The van der Waals surface area contributed by atoms with Gasteiger partial charge in [0.1, 0.15) is 6.23 Å². The molecular weight excluding hydrogens is 300 g/mol. The molecule has 0 spiro atoms. The molecule has 4 nitrogen and oxygen atoms in total. The fourth-order valence-corrected chi connectivity index (χ4v) is 3.58. The molecule has 2 aromatic carbocycles.